The minimum absolute atomic E-state index is 0.640. The van der Waals surface area contributed by atoms with Crippen LogP contribution in [0.2, 0.25) is 0 Å². The highest BCUT2D eigenvalue weighted by atomic mass is 15.0. The standard InChI is InChI=1S/C49H31N5/c1-4-14-32(15-5-1)47-50-48(33-16-6-2-7-17-33)52-49(51-47)34-24-27-37(28-25-34)53-43-23-13-11-21-39(43)46-40-31-41-38-20-10-12-22-42(38)54(36-18-8-3-9-19-36)45(41)30-35(40)26-29-44(46)53/h1-31H. The molecule has 0 spiro atoms. The smallest absolute Gasteiger partial charge is 0.164 e. The number of hydrogen-bond acceptors (Lipinski definition) is 3. The highest BCUT2D eigenvalue weighted by Gasteiger charge is 2.19. The number of para-hydroxylation sites is 3. The van der Waals surface area contributed by atoms with Crippen LogP contribution in [0, 0.1) is 0 Å². The lowest BCUT2D eigenvalue weighted by Gasteiger charge is -2.11. The van der Waals surface area contributed by atoms with Gasteiger partial charge in [-0.2, -0.15) is 0 Å². The molecule has 11 rings (SSSR count). The Bertz CT molecular complexity index is 3120. The Hall–Kier alpha value is -7.37. The molecule has 0 aliphatic rings. The topological polar surface area (TPSA) is 48.5 Å². The van der Waals surface area contributed by atoms with E-state index in [1.165, 1.54) is 48.9 Å². The first kappa shape index (κ1) is 30.3. The number of hydrogen-bond donors (Lipinski definition) is 0. The molecule has 5 heteroatoms. The molecule has 0 radical (unpaired) electrons. The van der Waals surface area contributed by atoms with Crippen LogP contribution < -0.4 is 0 Å². The van der Waals surface area contributed by atoms with Gasteiger partial charge < -0.3 is 9.13 Å². The summed E-state index contributed by atoms with van der Waals surface area (Å²) in [7, 11) is 0. The largest absolute Gasteiger partial charge is 0.309 e. The van der Waals surface area contributed by atoms with Gasteiger partial charge >= 0.3 is 0 Å². The molecule has 0 saturated carbocycles. The zero-order valence-electron chi connectivity index (χ0n) is 29.1. The number of nitrogens with zero attached hydrogens (tertiary/aromatic N) is 5. The molecule has 0 bridgehead atoms. The van der Waals surface area contributed by atoms with Crippen LogP contribution in [0.15, 0.2) is 188 Å². The fourth-order valence-corrected chi connectivity index (χ4v) is 8.09. The normalized spacial score (nSPS) is 11.7. The van der Waals surface area contributed by atoms with Gasteiger partial charge in [0.2, 0.25) is 0 Å². The van der Waals surface area contributed by atoms with Crippen molar-refractivity contribution in [1.82, 2.24) is 24.1 Å². The van der Waals surface area contributed by atoms with Crippen molar-refractivity contribution in [3.8, 4) is 45.5 Å². The predicted molar refractivity (Wildman–Crippen MR) is 222 cm³/mol. The van der Waals surface area contributed by atoms with Crippen LogP contribution >= 0.6 is 0 Å². The quantitative estimate of drug-likeness (QED) is 0.181. The summed E-state index contributed by atoms with van der Waals surface area (Å²) in [5, 5.41) is 7.44. The van der Waals surface area contributed by atoms with Crippen LogP contribution in [0.5, 0.6) is 0 Å². The highest BCUT2D eigenvalue weighted by molar-refractivity contribution is 6.25. The zero-order chi connectivity index (χ0) is 35.6. The van der Waals surface area contributed by atoms with E-state index < -0.39 is 0 Å². The third-order valence-electron chi connectivity index (χ3n) is 10.5. The second kappa shape index (κ2) is 12.1. The fourth-order valence-electron chi connectivity index (χ4n) is 8.09. The molecule has 0 atom stereocenters. The molecule has 8 aromatic carbocycles. The van der Waals surface area contributed by atoms with Crippen molar-refractivity contribution in [2.24, 2.45) is 0 Å². The maximum absolute atomic E-state index is 4.96. The molecule has 11 aromatic rings. The lowest BCUT2D eigenvalue weighted by molar-refractivity contribution is 1.07. The van der Waals surface area contributed by atoms with E-state index in [0.29, 0.717) is 17.5 Å². The van der Waals surface area contributed by atoms with Crippen molar-refractivity contribution < 1.29 is 0 Å². The second-order valence-corrected chi connectivity index (χ2v) is 13.7. The Morgan fingerprint density at radius 1 is 0.296 bits per heavy atom. The van der Waals surface area contributed by atoms with E-state index >= 15 is 0 Å². The van der Waals surface area contributed by atoms with Crippen molar-refractivity contribution in [3.63, 3.8) is 0 Å². The molecule has 0 fully saturated rings. The van der Waals surface area contributed by atoms with E-state index in [1.807, 2.05) is 60.7 Å². The molecule has 3 aromatic heterocycles. The average Bonchev–Trinajstić information content (AvgIpc) is 3.76. The first-order valence-corrected chi connectivity index (χ1v) is 18.2. The van der Waals surface area contributed by atoms with Crippen LogP contribution in [-0.2, 0) is 0 Å². The Balaban J connectivity index is 1.09. The van der Waals surface area contributed by atoms with Crippen molar-refractivity contribution >= 4 is 54.4 Å². The van der Waals surface area contributed by atoms with Crippen molar-refractivity contribution in [2.45, 2.75) is 0 Å². The van der Waals surface area contributed by atoms with E-state index in [0.717, 1.165) is 33.6 Å². The average molecular weight is 690 g/mol. The molecule has 0 unspecified atom stereocenters. The fraction of sp³-hybridized carbons (Fsp3) is 0. The van der Waals surface area contributed by atoms with Gasteiger partial charge in [0.1, 0.15) is 0 Å². The molecule has 0 aliphatic carbocycles. The van der Waals surface area contributed by atoms with Crippen LogP contribution in [0.4, 0.5) is 0 Å². The van der Waals surface area contributed by atoms with E-state index in [-0.39, 0.29) is 0 Å². The summed E-state index contributed by atoms with van der Waals surface area (Å²) in [6.45, 7) is 0. The monoisotopic (exact) mass is 689 g/mol. The van der Waals surface area contributed by atoms with Crippen molar-refractivity contribution in [3.05, 3.63) is 188 Å². The van der Waals surface area contributed by atoms with Gasteiger partial charge in [-0.25, -0.2) is 15.0 Å². The Morgan fingerprint density at radius 2 is 0.778 bits per heavy atom. The number of fused-ring (bicyclic) bond motifs is 8. The van der Waals surface area contributed by atoms with Gasteiger partial charge in [0.05, 0.1) is 22.1 Å². The summed E-state index contributed by atoms with van der Waals surface area (Å²) < 4.78 is 4.76. The molecular weight excluding hydrogens is 659 g/mol. The summed E-state index contributed by atoms with van der Waals surface area (Å²) in [5.41, 5.74) is 9.82. The lowest BCUT2D eigenvalue weighted by atomic mass is 10.0. The molecule has 0 aliphatic heterocycles. The molecule has 0 amide bonds. The summed E-state index contributed by atoms with van der Waals surface area (Å²) in [4.78, 5) is 14.8. The van der Waals surface area contributed by atoms with Gasteiger partial charge in [-0.3, -0.25) is 0 Å². The molecule has 5 nitrogen and oxygen atoms in total. The molecule has 0 N–H and O–H groups in total. The van der Waals surface area contributed by atoms with Gasteiger partial charge in [-0.1, -0.05) is 121 Å². The molecule has 3 heterocycles. The number of benzene rings is 8. The minimum Gasteiger partial charge on any atom is -0.309 e. The van der Waals surface area contributed by atoms with E-state index in [4.69, 9.17) is 15.0 Å². The summed E-state index contributed by atoms with van der Waals surface area (Å²) in [5.74, 6) is 1.94. The number of aromatic nitrogens is 5. The third-order valence-corrected chi connectivity index (χ3v) is 10.5. The lowest BCUT2D eigenvalue weighted by Crippen LogP contribution is -2.00. The van der Waals surface area contributed by atoms with Gasteiger partial charge in [0, 0.05) is 49.6 Å². The highest BCUT2D eigenvalue weighted by Crippen LogP contribution is 2.41. The maximum atomic E-state index is 4.96. The minimum atomic E-state index is 0.640. The molecule has 0 saturated heterocycles. The van der Waals surface area contributed by atoms with Gasteiger partial charge in [-0.15, -0.1) is 0 Å². The summed E-state index contributed by atoms with van der Waals surface area (Å²) >= 11 is 0. The zero-order valence-corrected chi connectivity index (χ0v) is 29.1. The predicted octanol–water partition coefficient (Wildman–Crippen LogP) is 12.2. The second-order valence-electron chi connectivity index (χ2n) is 13.7. The van der Waals surface area contributed by atoms with E-state index in [1.54, 1.807) is 0 Å². The Kier molecular flexibility index (Phi) is 6.79. The van der Waals surface area contributed by atoms with Crippen LogP contribution in [-0.4, -0.2) is 24.1 Å². The number of rotatable bonds is 5. The maximum Gasteiger partial charge on any atom is 0.164 e. The van der Waals surface area contributed by atoms with E-state index in [9.17, 15) is 0 Å². The van der Waals surface area contributed by atoms with Crippen molar-refractivity contribution in [2.75, 3.05) is 0 Å². The molecule has 252 valence electrons. The SMILES string of the molecule is c1ccc(-c2nc(-c3ccccc3)nc(-c3ccc(-n4c5ccccc5c5c6cc7c8ccccc8n(-c8ccccc8)c7cc6ccc54)cc3)n2)cc1. The van der Waals surface area contributed by atoms with Crippen LogP contribution in [0.3, 0.4) is 0 Å². The molecular formula is C49H31N5. The Labute approximate surface area is 311 Å². The molecule has 54 heavy (non-hydrogen) atoms. The van der Waals surface area contributed by atoms with Gasteiger partial charge in [0.25, 0.3) is 0 Å². The summed E-state index contributed by atoms with van der Waals surface area (Å²) in [6, 6.07) is 66.2. The third kappa shape index (κ3) is 4.76. The summed E-state index contributed by atoms with van der Waals surface area (Å²) in [6.07, 6.45) is 0. The Morgan fingerprint density at radius 3 is 1.41 bits per heavy atom. The van der Waals surface area contributed by atoms with Gasteiger partial charge in [-0.05, 0) is 77.5 Å². The van der Waals surface area contributed by atoms with E-state index in [2.05, 4.69) is 137 Å². The van der Waals surface area contributed by atoms with Crippen LogP contribution in [0.25, 0.3) is 99.9 Å². The first-order valence-electron chi connectivity index (χ1n) is 18.2. The van der Waals surface area contributed by atoms with Crippen LogP contribution in [0.1, 0.15) is 0 Å². The first-order chi connectivity index (χ1) is 26.8. The van der Waals surface area contributed by atoms with Gasteiger partial charge in [0.15, 0.2) is 17.5 Å². The van der Waals surface area contributed by atoms with Crippen molar-refractivity contribution in [1.29, 1.82) is 0 Å².